The summed E-state index contributed by atoms with van der Waals surface area (Å²) in [5.74, 6) is -0.635. The van der Waals surface area contributed by atoms with Crippen LogP contribution in [0, 0.1) is 0 Å². The van der Waals surface area contributed by atoms with Gasteiger partial charge in [-0.3, -0.25) is 0 Å². The number of hydrogen-bond donors (Lipinski definition) is 0. The Balaban J connectivity index is 1.13. The van der Waals surface area contributed by atoms with Crippen LogP contribution in [0.25, 0.3) is 10.8 Å². The van der Waals surface area contributed by atoms with Gasteiger partial charge in [0.1, 0.15) is 0 Å². The normalized spacial score (nSPS) is 13.3. The summed E-state index contributed by atoms with van der Waals surface area (Å²) >= 11 is 0. The molecular weight excluding hydrogens is 757 g/mol. The predicted octanol–water partition coefficient (Wildman–Crippen LogP) is 8.34. The van der Waals surface area contributed by atoms with Gasteiger partial charge in [0.2, 0.25) is 0 Å². The van der Waals surface area contributed by atoms with E-state index in [0.29, 0.717) is 16.8 Å². The third-order valence-electron chi connectivity index (χ3n) is 12.1. The zero-order valence-corrected chi connectivity index (χ0v) is 34.3. The Labute approximate surface area is 345 Å². The summed E-state index contributed by atoms with van der Waals surface area (Å²) in [5.41, 5.74) is 1.61. The van der Waals surface area contributed by atoms with Gasteiger partial charge in [0, 0.05) is 0 Å². The quantitative estimate of drug-likeness (QED) is 0.109. The molecule has 0 aromatic heterocycles. The van der Waals surface area contributed by atoms with E-state index in [4.69, 9.17) is 0 Å². The molecule has 5 heteroatoms. The summed E-state index contributed by atoms with van der Waals surface area (Å²) in [5, 5.41) is 11.4. The molecule has 0 bridgehead atoms. The van der Waals surface area contributed by atoms with Crippen molar-refractivity contribution in [1.29, 1.82) is 0 Å². The minimum absolute atomic E-state index is 0.318. The summed E-state index contributed by atoms with van der Waals surface area (Å²) in [6.07, 6.45) is 0. The molecule has 0 spiro atoms. The van der Waals surface area contributed by atoms with Crippen LogP contribution >= 0.6 is 14.5 Å². The molecule has 0 saturated heterocycles. The Morgan fingerprint density at radius 2 is 0.627 bits per heavy atom. The number of hydrogen-bond acceptors (Lipinski definition) is 2. The third kappa shape index (κ3) is 5.81. The van der Waals surface area contributed by atoms with Crippen molar-refractivity contribution in [3.63, 3.8) is 0 Å². The number of nitrogens with zero attached hydrogens (tertiary/aromatic N) is 1. The van der Waals surface area contributed by atoms with Crippen molar-refractivity contribution in [1.82, 2.24) is 0 Å². The van der Waals surface area contributed by atoms with E-state index in [1.807, 2.05) is 30.3 Å². The van der Waals surface area contributed by atoms with Crippen LogP contribution < -0.4 is 47.3 Å². The molecule has 1 aliphatic heterocycles. The third-order valence-corrected chi connectivity index (χ3v) is 21.8. The first-order chi connectivity index (χ1) is 29.1. The van der Waals surface area contributed by atoms with Crippen LogP contribution in [-0.2, 0) is 0 Å². The average Bonchev–Trinajstić information content (AvgIpc) is 3.31. The summed E-state index contributed by atoms with van der Waals surface area (Å²) in [4.78, 5) is 31.1. The molecular formula is C54H41NO2P2. The van der Waals surface area contributed by atoms with E-state index in [1.165, 1.54) is 36.7 Å². The van der Waals surface area contributed by atoms with Gasteiger partial charge >= 0.3 is 347 Å². The minimum atomic E-state index is -2.96. The van der Waals surface area contributed by atoms with E-state index in [1.54, 1.807) is 0 Å². The van der Waals surface area contributed by atoms with Gasteiger partial charge in [-0.1, -0.05) is 0 Å². The van der Waals surface area contributed by atoms with Crippen molar-refractivity contribution in [2.75, 3.05) is 4.90 Å². The van der Waals surface area contributed by atoms with Gasteiger partial charge in [0.25, 0.3) is 0 Å². The van der Waals surface area contributed by atoms with Gasteiger partial charge < -0.3 is 0 Å². The summed E-state index contributed by atoms with van der Waals surface area (Å²) in [7, 11) is -5.76. The molecule has 0 radical (unpaired) electrons. The number of imide groups is 1. The molecule has 0 N–H and O–H groups in total. The SMILES string of the molecule is O=C1c2cccc3c([PH](c4ccccc4)(c4ccccc4)c4ccccc4)ccc(c23)C(=O)N1c1ccc([PH](c2ccccc2)(c2ccccc2)c2ccccc2)cc1. The fraction of sp³-hybridized carbons (Fsp3) is 0. The van der Waals surface area contributed by atoms with Crippen molar-refractivity contribution in [2.45, 2.75) is 0 Å². The monoisotopic (exact) mass is 797 g/mol. The van der Waals surface area contributed by atoms with Gasteiger partial charge in [-0.05, 0) is 0 Å². The topological polar surface area (TPSA) is 37.4 Å². The number of benzene rings is 9. The van der Waals surface area contributed by atoms with E-state index < -0.39 is 14.5 Å². The molecule has 0 aliphatic carbocycles. The molecule has 0 atom stereocenters. The first-order valence-corrected chi connectivity index (χ1v) is 24.0. The standard InChI is InChI=1S/C54H41NO2P2/c56-53-49-33-19-32-48-51(59(44-26-13-4-14-27-44,45-28-15-5-16-29-45)46-30-17-6-18-31-46)39-38-50(52(48)49)54(57)55(53)40-34-36-47(37-35-40)58(41-20-7-1-8-21-41,42-22-9-2-10-23-42)43-24-11-3-12-25-43/h1-39,58-59H. The molecule has 9 aromatic rings. The maximum atomic E-state index is 14.9. The maximum absolute atomic E-state index is 14.9. The Morgan fingerprint density at radius 3 is 1.02 bits per heavy atom. The summed E-state index contributed by atoms with van der Waals surface area (Å²) in [6.45, 7) is 0. The molecule has 1 aliphatic rings. The molecule has 0 fully saturated rings. The molecule has 0 saturated carbocycles. The van der Waals surface area contributed by atoms with E-state index in [-0.39, 0.29) is 11.8 Å². The van der Waals surface area contributed by atoms with Crippen LogP contribution in [0.4, 0.5) is 5.69 Å². The van der Waals surface area contributed by atoms with Gasteiger partial charge in [0.05, 0.1) is 0 Å². The van der Waals surface area contributed by atoms with Crippen LogP contribution in [0.1, 0.15) is 20.7 Å². The zero-order valence-electron chi connectivity index (χ0n) is 32.3. The molecule has 3 nitrogen and oxygen atoms in total. The first kappa shape index (κ1) is 36.6. The van der Waals surface area contributed by atoms with Gasteiger partial charge in [-0.2, -0.15) is 0 Å². The molecule has 284 valence electrons. The second kappa shape index (κ2) is 15.2. The van der Waals surface area contributed by atoms with E-state index >= 15 is 0 Å². The van der Waals surface area contributed by atoms with Gasteiger partial charge in [0.15, 0.2) is 0 Å². The van der Waals surface area contributed by atoms with E-state index in [0.717, 1.165) is 21.4 Å². The molecule has 2 amide bonds. The summed E-state index contributed by atoms with van der Waals surface area (Å²) in [6, 6.07) is 82.7. The molecule has 0 unspecified atom stereocenters. The van der Waals surface area contributed by atoms with Crippen molar-refractivity contribution in [3.05, 3.63) is 248 Å². The number of carbonyl (C=O) groups excluding carboxylic acids is 2. The van der Waals surface area contributed by atoms with Crippen LogP contribution in [0.5, 0.6) is 0 Å². The van der Waals surface area contributed by atoms with Crippen molar-refractivity contribution in [2.24, 2.45) is 0 Å². The fourth-order valence-electron chi connectivity index (χ4n) is 9.61. The van der Waals surface area contributed by atoms with E-state index in [9.17, 15) is 9.59 Å². The van der Waals surface area contributed by atoms with Crippen molar-refractivity contribution >= 4 is 85.2 Å². The summed E-state index contributed by atoms with van der Waals surface area (Å²) < 4.78 is 0. The molecule has 9 aromatic carbocycles. The Kier molecular flexibility index (Phi) is 9.42. The fourth-order valence-corrected chi connectivity index (χ4v) is 19.3. The predicted molar refractivity (Wildman–Crippen MR) is 254 cm³/mol. The number of anilines is 1. The van der Waals surface area contributed by atoms with Crippen LogP contribution in [0.2, 0.25) is 0 Å². The van der Waals surface area contributed by atoms with Crippen molar-refractivity contribution in [3.8, 4) is 0 Å². The Morgan fingerprint density at radius 1 is 0.288 bits per heavy atom. The Hall–Kier alpha value is -6.76. The van der Waals surface area contributed by atoms with Crippen molar-refractivity contribution < 1.29 is 9.59 Å². The number of amides is 2. The zero-order chi connectivity index (χ0) is 39.8. The molecule has 1 heterocycles. The Bertz CT molecular complexity index is 2730. The number of rotatable bonds is 9. The van der Waals surface area contributed by atoms with Crippen LogP contribution in [0.15, 0.2) is 237 Å². The second-order valence-electron chi connectivity index (χ2n) is 15.1. The molecule has 59 heavy (non-hydrogen) atoms. The first-order valence-electron chi connectivity index (χ1n) is 20.0. The number of carbonyl (C=O) groups is 2. The van der Waals surface area contributed by atoms with Crippen LogP contribution in [-0.4, -0.2) is 11.8 Å². The van der Waals surface area contributed by atoms with Crippen LogP contribution in [0.3, 0.4) is 0 Å². The average molecular weight is 798 g/mol. The van der Waals surface area contributed by atoms with E-state index in [2.05, 4.69) is 206 Å². The second-order valence-corrected chi connectivity index (χ2v) is 22.7. The van der Waals surface area contributed by atoms with Gasteiger partial charge in [-0.25, -0.2) is 0 Å². The molecule has 10 rings (SSSR count). The van der Waals surface area contributed by atoms with Gasteiger partial charge in [-0.15, -0.1) is 0 Å².